The second-order valence-corrected chi connectivity index (χ2v) is 6.65. The first-order chi connectivity index (χ1) is 10.0. The van der Waals surface area contributed by atoms with E-state index in [1.807, 2.05) is 36.1 Å². The number of aromatic nitrogens is 2. The zero-order valence-corrected chi connectivity index (χ0v) is 13.0. The summed E-state index contributed by atoms with van der Waals surface area (Å²) in [7, 11) is -3.22. The Labute approximate surface area is 125 Å². The van der Waals surface area contributed by atoms with Gasteiger partial charge < -0.3 is 5.32 Å². The van der Waals surface area contributed by atoms with Gasteiger partial charge in [-0.25, -0.2) is 8.42 Å². The Kier molecular flexibility index (Phi) is 4.85. The van der Waals surface area contributed by atoms with Gasteiger partial charge in [0.05, 0.1) is 11.9 Å². The third-order valence-electron chi connectivity index (χ3n) is 3.05. The lowest BCUT2D eigenvalue weighted by Crippen LogP contribution is -2.14. The van der Waals surface area contributed by atoms with E-state index in [1.54, 1.807) is 19.1 Å². The average Bonchev–Trinajstić information content (AvgIpc) is 2.94. The van der Waals surface area contributed by atoms with E-state index in [-0.39, 0.29) is 5.75 Å². The molecule has 0 fully saturated rings. The largest absolute Gasteiger partial charge is 0.381 e. The maximum absolute atomic E-state index is 11.5. The van der Waals surface area contributed by atoms with Gasteiger partial charge in [-0.1, -0.05) is 0 Å². The highest BCUT2D eigenvalue weighted by Gasteiger charge is 2.06. The lowest BCUT2D eigenvalue weighted by atomic mass is 10.2. The minimum absolute atomic E-state index is 0.0639. The summed E-state index contributed by atoms with van der Waals surface area (Å²) in [6.07, 6.45) is 3.83. The lowest BCUT2D eigenvalue weighted by Gasteiger charge is -2.08. The van der Waals surface area contributed by atoms with Crippen molar-refractivity contribution < 1.29 is 8.42 Å². The van der Waals surface area contributed by atoms with Gasteiger partial charge >= 0.3 is 0 Å². The molecule has 6 nitrogen and oxygen atoms in total. The minimum Gasteiger partial charge on any atom is -0.381 e. The maximum atomic E-state index is 11.5. The van der Waals surface area contributed by atoms with E-state index in [1.165, 1.54) is 0 Å². The molecule has 7 heteroatoms. The van der Waals surface area contributed by atoms with Gasteiger partial charge in [-0.15, -0.1) is 0 Å². The molecule has 0 unspecified atom stereocenters. The Morgan fingerprint density at radius 3 is 2.38 bits per heavy atom. The van der Waals surface area contributed by atoms with Crippen molar-refractivity contribution in [3.05, 3.63) is 42.2 Å². The van der Waals surface area contributed by atoms with Gasteiger partial charge in [0.25, 0.3) is 0 Å². The van der Waals surface area contributed by atoms with E-state index in [9.17, 15) is 8.42 Å². The van der Waals surface area contributed by atoms with Crippen LogP contribution < -0.4 is 10.0 Å². The molecule has 2 N–H and O–H groups in total. The van der Waals surface area contributed by atoms with Crippen molar-refractivity contribution in [3.63, 3.8) is 0 Å². The molecule has 0 spiro atoms. The Morgan fingerprint density at radius 1 is 1.14 bits per heavy atom. The van der Waals surface area contributed by atoms with Crippen LogP contribution in [0.2, 0.25) is 0 Å². The zero-order chi connectivity index (χ0) is 15.3. The molecule has 2 rings (SSSR count). The second kappa shape index (κ2) is 6.62. The van der Waals surface area contributed by atoms with Crippen LogP contribution in [0.1, 0.15) is 19.4 Å². The predicted molar refractivity (Wildman–Crippen MR) is 84.8 cm³/mol. The van der Waals surface area contributed by atoms with Gasteiger partial charge in [0.2, 0.25) is 10.0 Å². The standard InChI is InChI=1S/C14H20N4O2S/c1-3-18-11-12(10-16-18)9-15-13-5-7-14(8-6-13)17-21(19,20)4-2/h5-8,10-11,15,17H,3-4,9H2,1-2H3. The number of anilines is 2. The van der Waals surface area contributed by atoms with E-state index >= 15 is 0 Å². The summed E-state index contributed by atoms with van der Waals surface area (Å²) in [6, 6.07) is 7.17. The molecule has 21 heavy (non-hydrogen) atoms. The first-order valence-corrected chi connectivity index (χ1v) is 8.53. The Morgan fingerprint density at radius 2 is 1.81 bits per heavy atom. The third kappa shape index (κ3) is 4.49. The van der Waals surface area contributed by atoms with E-state index in [4.69, 9.17) is 0 Å². The summed E-state index contributed by atoms with van der Waals surface area (Å²) < 4.78 is 27.3. The molecular formula is C14H20N4O2S. The summed E-state index contributed by atoms with van der Waals surface area (Å²) in [5.74, 6) is 0.0639. The number of hydrogen-bond donors (Lipinski definition) is 2. The molecule has 0 saturated heterocycles. The van der Waals surface area contributed by atoms with Crippen LogP contribution in [0, 0.1) is 0 Å². The van der Waals surface area contributed by atoms with E-state index in [2.05, 4.69) is 15.1 Å². The van der Waals surface area contributed by atoms with Crippen LogP contribution in [-0.4, -0.2) is 24.0 Å². The molecular weight excluding hydrogens is 288 g/mol. The molecule has 0 aliphatic carbocycles. The molecule has 0 saturated carbocycles. The van der Waals surface area contributed by atoms with Gasteiger partial charge in [0.15, 0.2) is 0 Å². The number of rotatable bonds is 7. The number of nitrogens with one attached hydrogen (secondary N) is 2. The predicted octanol–water partition coefficient (Wildman–Crippen LogP) is 2.28. The molecule has 0 aliphatic heterocycles. The summed E-state index contributed by atoms with van der Waals surface area (Å²) in [5, 5.41) is 7.48. The molecule has 0 bridgehead atoms. The number of benzene rings is 1. The van der Waals surface area contributed by atoms with Crippen molar-refractivity contribution in [2.45, 2.75) is 26.9 Å². The van der Waals surface area contributed by atoms with E-state index in [0.717, 1.165) is 17.8 Å². The Balaban J connectivity index is 1.93. The van der Waals surface area contributed by atoms with Crippen LogP contribution in [0.5, 0.6) is 0 Å². The molecule has 0 aliphatic rings. The van der Waals surface area contributed by atoms with E-state index in [0.29, 0.717) is 12.2 Å². The summed E-state index contributed by atoms with van der Waals surface area (Å²) in [4.78, 5) is 0. The average molecular weight is 308 g/mol. The minimum atomic E-state index is -3.22. The van der Waals surface area contributed by atoms with Crippen molar-refractivity contribution in [1.29, 1.82) is 0 Å². The van der Waals surface area contributed by atoms with Crippen LogP contribution in [0.15, 0.2) is 36.7 Å². The van der Waals surface area contributed by atoms with Crippen LogP contribution in [0.3, 0.4) is 0 Å². The van der Waals surface area contributed by atoms with Gasteiger partial charge in [-0.3, -0.25) is 9.40 Å². The van der Waals surface area contributed by atoms with Gasteiger partial charge in [0.1, 0.15) is 0 Å². The lowest BCUT2D eigenvalue weighted by molar-refractivity contribution is 0.602. The summed E-state index contributed by atoms with van der Waals surface area (Å²) in [5.41, 5.74) is 2.60. The molecule has 0 atom stereocenters. The fraction of sp³-hybridized carbons (Fsp3) is 0.357. The van der Waals surface area contributed by atoms with Crippen LogP contribution >= 0.6 is 0 Å². The highest BCUT2D eigenvalue weighted by atomic mass is 32.2. The molecule has 1 aromatic heterocycles. The smallest absolute Gasteiger partial charge is 0.232 e. The Hall–Kier alpha value is -2.02. The quantitative estimate of drug-likeness (QED) is 0.823. The van der Waals surface area contributed by atoms with E-state index < -0.39 is 10.0 Å². The second-order valence-electron chi connectivity index (χ2n) is 4.64. The number of aryl methyl sites for hydroxylation is 1. The maximum Gasteiger partial charge on any atom is 0.232 e. The van der Waals surface area contributed by atoms with Crippen molar-refractivity contribution in [2.24, 2.45) is 0 Å². The van der Waals surface area contributed by atoms with Crippen LogP contribution in [-0.2, 0) is 23.1 Å². The number of sulfonamides is 1. The third-order valence-corrected chi connectivity index (χ3v) is 4.35. The van der Waals surface area contributed by atoms with Gasteiger partial charge in [-0.2, -0.15) is 5.10 Å². The summed E-state index contributed by atoms with van der Waals surface area (Å²) in [6.45, 7) is 5.18. The van der Waals surface area contributed by atoms with Crippen molar-refractivity contribution in [1.82, 2.24) is 9.78 Å². The number of hydrogen-bond acceptors (Lipinski definition) is 4. The van der Waals surface area contributed by atoms with Crippen LogP contribution in [0.25, 0.3) is 0 Å². The molecule has 114 valence electrons. The SMILES string of the molecule is CCn1cc(CNc2ccc(NS(=O)(=O)CC)cc2)cn1. The molecule has 1 heterocycles. The molecule has 2 aromatic rings. The van der Waals surface area contributed by atoms with Gasteiger partial charge in [0, 0.05) is 36.2 Å². The fourth-order valence-corrected chi connectivity index (χ4v) is 2.42. The van der Waals surface area contributed by atoms with Crippen molar-refractivity contribution in [3.8, 4) is 0 Å². The van der Waals surface area contributed by atoms with Crippen molar-refractivity contribution in [2.75, 3.05) is 15.8 Å². The molecule has 1 aromatic carbocycles. The topological polar surface area (TPSA) is 76.0 Å². The first kappa shape index (κ1) is 15.4. The molecule has 0 amide bonds. The zero-order valence-electron chi connectivity index (χ0n) is 12.2. The highest BCUT2D eigenvalue weighted by Crippen LogP contribution is 2.15. The normalized spacial score (nSPS) is 11.3. The summed E-state index contributed by atoms with van der Waals surface area (Å²) >= 11 is 0. The fourth-order valence-electron chi connectivity index (χ4n) is 1.78. The monoisotopic (exact) mass is 308 g/mol. The number of nitrogens with zero attached hydrogens (tertiary/aromatic N) is 2. The van der Waals surface area contributed by atoms with Crippen molar-refractivity contribution >= 4 is 21.4 Å². The van der Waals surface area contributed by atoms with Crippen LogP contribution in [0.4, 0.5) is 11.4 Å². The highest BCUT2D eigenvalue weighted by molar-refractivity contribution is 7.92. The van der Waals surface area contributed by atoms with Gasteiger partial charge in [-0.05, 0) is 38.1 Å². The molecule has 0 radical (unpaired) electrons. The Bertz CT molecular complexity index is 677. The first-order valence-electron chi connectivity index (χ1n) is 6.88.